The highest BCUT2D eigenvalue weighted by Gasteiger charge is 2.22. The second-order valence-electron chi connectivity index (χ2n) is 15.4. The minimum absolute atomic E-state index is 0.840. The molecule has 0 atom stereocenters. The summed E-state index contributed by atoms with van der Waals surface area (Å²) in [5.41, 5.74) is 15.5. The summed E-state index contributed by atoms with van der Waals surface area (Å²) in [6.45, 7) is 0. The number of fused-ring (bicyclic) bond motifs is 7. The third kappa shape index (κ3) is 5.70. The first-order valence-electron chi connectivity index (χ1n) is 20.7. The van der Waals surface area contributed by atoms with E-state index in [0.717, 1.165) is 73.0 Å². The van der Waals surface area contributed by atoms with Crippen molar-refractivity contribution in [3.8, 4) is 33.9 Å². The van der Waals surface area contributed by atoms with Crippen LogP contribution in [-0.4, -0.2) is 19.1 Å². The van der Waals surface area contributed by atoms with Crippen LogP contribution in [-0.2, 0) is 0 Å². The van der Waals surface area contributed by atoms with Crippen molar-refractivity contribution >= 4 is 71.7 Å². The van der Waals surface area contributed by atoms with Gasteiger partial charge in [-0.25, -0.2) is 9.97 Å². The first-order valence-corrected chi connectivity index (χ1v) is 20.7. The van der Waals surface area contributed by atoms with Crippen LogP contribution in [0, 0.1) is 0 Å². The zero-order valence-electron chi connectivity index (χ0n) is 33.1. The molecule has 61 heavy (non-hydrogen) atoms. The maximum atomic E-state index is 5.35. The fourth-order valence-electron chi connectivity index (χ4n) is 9.20. The molecule has 12 rings (SSSR count). The SMILES string of the molecule is c1ccc(-c2nc3ccc(-n4c5ccccc5c5c(N(c6ccccc6)c6ccc(-n7c8ccccc8c8ccccc87)cc6)cccc54)cc3nc2-c2ccccc2)cc1. The number of aromatic nitrogens is 4. The van der Waals surface area contributed by atoms with Gasteiger partial charge in [-0.15, -0.1) is 0 Å². The van der Waals surface area contributed by atoms with Crippen LogP contribution in [0.2, 0.25) is 0 Å². The first-order chi connectivity index (χ1) is 30.3. The molecule has 0 amide bonds. The Bertz CT molecular complexity index is 3520. The number of benzene rings is 9. The van der Waals surface area contributed by atoms with Crippen LogP contribution >= 0.6 is 0 Å². The van der Waals surface area contributed by atoms with Crippen molar-refractivity contribution in [2.24, 2.45) is 0 Å². The zero-order chi connectivity index (χ0) is 40.3. The Morgan fingerprint density at radius 3 is 1.41 bits per heavy atom. The number of hydrogen-bond donors (Lipinski definition) is 0. The van der Waals surface area contributed by atoms with Gasteiger partial charge in [-0.2, -0.15) is 0 Å². The number of anilines is 3. The quantitative estimate of drug-likeness (QED) is 0.162. The Morgan fingerprint density at radius 2 is 0.787 bits per heavy atom. The summed E-state index contributed by atoms with van der Waals surface area (Å²) < 4.78 is 4.74. The van der Waals surface area contributed by atoms with E-state index in [-0.39, 0.29) is 0 Å². The lowest BCUT2D eigenvalue weighted by molar-refractivity contribution is 1.17. The molecular weight excluding hydrogens is 743 g/mol. The van der Waals surface area contributed by atoms with Crippen LogP contribution in [0.1, 0.15) is 0 Å². The summed E-state index contributed by atoms with van der Waals surface area (Å²) in [6, 6.07) is 79.6. The third-order valence-corrected chi connectivity index (χ3v) is 11.9. The predicted octanol–water partition coefficient (Wildman–Crippen LogP) is 14.6. The monoisotopic (exact) mass is 779 g/mol. The summed E-state index contributed by atoms with van der Waals surface area (Å²) >= 11 is 0. The van der Waals surface area contributed by atoms with Crippen molar-refractivity contribution < 1.29 is 0 Å². The van der Waals surface area contributed by atoms with Gasteiger partial charge in [-0.1, -0.05) is 140 Å². The number of rotatable bonds is 7. The highest BCUT2D eigenvalue weighted by atomic mass is 15.1. The van der Waals surface area contributed by atoms with E-state index in [9.17, 15) is 0 Å². The molecule has 0 aliphatic carbocycles. The van der Waals surface area contributed by atoms with Gasteiger partial charge in [0.05, 0.1) is 50.2 Å². The van der Waals surface area contributed by atoms with Gasteiger partial charge in [-0.3, -0.25) is 0 Å². The van der Waals surface area contributed by atoms with Gasteiger partial charge in [-0.05, 0) is 84.9 Å². The lowest BCUT2D eigenvalue weighted by Crippen LogP contribution is -2.10. The highest BCUT2D eigenvalue weighted by Crippen LogP contribution is 2.44. The summed E-state index contributed by atoms with van der Waals surface area (Å²) in [5, 5.41) is 4.85. The van der Waals surface area contributed by atoms with Gasteiger partial charge in [0, 0.05) is 55.4 Å². The molecule has 3 heterocycles. The molecule has 286 valence electrons. The fourth-order valence-corrected chi connectivity index (χ4v) is 9.20. The van der Waals surface area contributed by atoms with E-state index in [0.29, 0.717) is 0 Å². The Morgan fingerprint density at radius 1 is 0.328 bits per heavy atom. The molecule has 0 N–H and O–H groups in total. The predicted molar refractivity (Wildman–Crippen MR) is 254 cm³/mol. The maximum absolute atomic E-state index is 5.35. The lowest BCUT2D eigenvalue weighted by Gasteiger charge is -2.27. The molecule has 5 nitrogen and oxygen atoms in total. The lowest BCUT2D eigenvalue weighted by atomic mass is 10.0. The average molecular weight is 780 g/mol. The van der Waals surface area contributed by atoms with Gasteiger partial charge in [0.2, 0.25) is 0 Å². The summed E-state index contributed by atoms with van der Waals surface area (Å²) in [7, 11) is 0. The van der Waals surface area contributed by atoms with E-state index in [2.05, 4.69) is 226 Å². The van der Waals surface area contributed by atoms with E-state index in [1.807, 2.05) is 12.1 Å². The van der Waals surface area contributed by atoms with Gasteiger partial charge in [0.1, 0.15) is 0 Å². The van der Waals surface area contributed by atoms with E-state index < -0.39 is 0 Å². The highest BCUT2D eigenvalue weighted by molar-refractivity contribution is 6.17. The fraction of sp³-hybridized carbons (Fsp3) is 0. The summed E-state index contributed by atoms with van der Waals surface area (Å²) in [4.78, 5) is 13.0. The molecule has 5 heteroatoms. The van der Waals surface area contributed by atoms with Crippen LogP contribution in [0.3, 0.4) is 0 Å². The van der Waals surface area contributed by atoms with E-state index >= 15 is 0 Å². The van der Waals surface area contributed by atoms with Crippen LogP contribution in [0.25, 0.3) is 88.5 Å². The van der Waals surface area contributed by atoms with Crippen molar-refractivity contribution in [3.05, 3.63) is 224 Å². The summed E-state index contributed by atoms with van der Waals surface area (Å²) in [6.07, 6.45) is 0. The summed E-state index contributed by atoms with van der Waals surface area (Å²) in [5.74, 6) is 0. The molecular formula is C56H37N5. The Kier molecular flexibility index (Phi) is 8.10. The molecule has 9 aromatic carbocycles. The second-order valence-corrected chi connectivity index (χ2v) is 15.4. The van der Waals surface area contributed by atoms with Crippen molar-refractivity contribution in [1.82, 2.24) is 19.1 Å². The Balaban J connectivity index is 1.04. The maximum Gasteiger partial charge on any atom is 0.0973 e. The largest absolute Gasteiger partial charge is 0.310 e. The molecule has 3 aromatic heterocycles. The van der Waals surface area contributed by atoms with Crippen molar-refractivity contribution in [2.75, 3.05) is 4.90 Å². The topological polar surface area (TPSA) is 38.9 Å². The number of nitrogens with zero attached hydrogens (tertiary/aromatic N) is 5. The number of para-hydroxylation sites is 4. The van der Waals surface area contributed by atoms with Gasteiger partial charge < -0.3 is 14.0 Å². The minimum Gasteiger partial charge on any atom is -0.310 e. The van der Waals surface area contributed by atoms with E-state index in [1.165, 1.54) is 32.6 Å². The molecule has 0 aliphatic rings. The van der Waals surface area contributed by atoms with Crippen LogP contribution in [0.5, 0.6) is 0 Å². The molecule has 0 aliphatic heterocycles. The first kappa shape index (κ1) is 34.7. The smallest absolute Gasteiger partial charge is 0.0973 e. The van der Waals surface area contributed by atoms with Crippen LogP contribution in [0.15, 0.2) is 224 Å². The van der Waals surface area contributed by atoms with Crippen LogP contribution in [0.4, 0.5) is 17.1 Å². The Hall–Kier alpha value is -8.28. The standard InChI is InChI=1S/C56H37N5/c1-4-17-38(18-5-1)55-56(39-19-6-2-7-20-39)58-48-37-43(35-36-47(48)57-55)61-51-28-15-12-25-46(51)54-52(29-16-30-53(54)61)59(40-21-8-3-9-22-40)41-31-33-42(34-32-41)60-49-26-13-10-23-44(49)45-24-11-14-27-50(45)60/h1-37H. The molecule has 0 radical (unpaired) electrons. The van der Waals surface area contributed by atoms with E-state index in [4.69, 9.17) is 9.97 Å². The molecule has 0 unspecified atom stereocenters. The van der Waals surface area contributed by atoms with Crippen molar-refractivity contribution in [2.45, 2.75) is 0 Å². The molecule has 0 saturated heterocycles. The third-order valence-electron chi connectivity index (χ3n) is 11.9. The van der Waals surface area contributed by atoms with E-state index in [1.54, 1.807) is 0 Å². The normalized spacial score (nSPS) is 11.6. The van der Waals surface area contributed by atoms with Gasteiger partial charge in [0.15, 0.2) is 0 Å². The zero-order valence-corrected chi connectivity index (χ0v) is 33.1. The molecule has 12 aromatic rings. The second kappa shape index (κ2) is 14.2. The van der Waals surface area contributed by atoms with Crippen molar-refractivity contribution in [1.29, 1.82) is 0 Å². The Labute approximate surface area is 352 Å². The van der Waals surface area contributed by atoms with Gasteiger partial charge in [0.25, 0.3) is 0 Å². The molecule has 0 fully saturated rings. The average Bonchev–Trinajstić information content (AvgIpc) is 3.86. The van der Waals surface area contributed by atoms with Gasteiger partial charge >= 0.3 is 0 Å². The number of hydrogen-bond acceptors (Lipinski definition) is 3. The van der Waals surface area contributed by atoms with Crippen LogP contribution < -0.4 is 4.90 Å². The van der Waals surface area contributed by atoms with Crippen molar-refractivity contribution in [3.63, 3.8) is 0 Å². The minimum atomic E-state index is 0.840. The molecule has 0 spiro atoms. The molecule has 0 bridgehead atoms. The molecule has 0 saturated carbocycles.